The van der Waals surface area contributed by atoms with Crippen LogP contribution in [0.25, 0.3) is 0 Å². The first-order valence-electron chi connectivity index (χ1n) is 7.83. The Labute approximate surface area is 126 Å². The van der Waals surface area contributed by atoms with Gasteiger partial charge in [-0.2, -0.15) is 5.26 Å². The average Bonchev–Trinajstić information content (AvgIpc) is 2.87. The van der Waals surface area contributed by atoms with E-state index in [9.17, 15) is 14.9 Å². The van der Waals surface area contributed by atoms with Crippen LogP contribution in [0.2, 0.25) is 0 Å². The van der Waals surface area contributed by atoms with E-state index in [-0.39, 0.29) is 18.0 Å². The second-order valence-corrected chi connectivity index (χ2v) is 5.98. The van der Waals surface area contributed by atoms with Crippen molar-refractivity contribution < 1.29 is 9.59 Å². The summed E-state index contributed by atoms with van der Waals surface area (Å²) in [5.41, 5.74) is -0.887. The zero-order valence-electron chi connectivity index (χ0n) is 12.9. The molecule has 0 bridgehead atoms. The number of rotatable bonds is 5. The number of nitrogens with one attached hydrogen (secondary N) is 1. The van der Waals surface area contributed by atoms with E-state index in [2.05, 4.69) is 11.4 Å². The van der Waals surface area contributed by atoms with Gasteiger partial charge < -0.3 is 15.1 Å². The number of carbonyl (C=O) groups is 2. The Hall–Kier alpha value is -1.77. The molecule has 6 heteroatoms. The SMILES string of the molecule is CCCC(C#N)(CCC)C(=O)N1CCN2C(=O)NCC2C1. The molecule has 0 aromatic carbocycles. The van der Waals surface area contributed by atoms with Crippen LogP contribution in [0.4, 0.5) is 4.79 Å². The van der Waals surface area contributed by atoms with Gasteiger partial charge in [0.2, 0.25) is 5.91 Å². The fourth-order valence-electron chi connectivity index (χ4n) is 3.44. The molecule has 116 valence electrons. The molecule has 1 unspecified atom stereocenters. The standard InChI is InChI=1S/C15H24N4O2/c1-3-5-15(11-16,6-4-2)13(20)18-7-8-19-12(10-18)9-17-14(19)21/h12H,3-10H2,1-2H3,(H,17,21). The molecule has 0 aromatic heterocycles. The Kier molecular flexibility index (Phi) is 4.71. The molecule has 2 fully saturated rings. The summed E-state index contributed by atoms with van der Waals surface area (Å²) in [7, 11) is 0. The molecule has 0 aromatic rings. The van der Waals surface area contributed by atoms with Gasteiger partial charge in [0, 0.05) is 26.2 Å². The van der Waals surface area contributed by atoms with Crippen LogP contribution in [0, 0.1) is 16.7 Å². The first kappa shape index (κ1) is 15.6. The number of hydrogen-bond acceptors (Lipinski definition) is 3. The normalized spacial score (nSPS) is 21.8. The highest BCUT2D eigenvalue weighted by Crippen LogP contribution is 2.32. The molecule has 2 heterocycles. The minimum atomic E-state index is -0.887. The van der Waals surface area contributed by atoms with Gasteiger partial charge in [0.1, 0.15) is 5.41 Å². The number of carbonyl (C=O) groups excluding carboxylic acids is 2. The largest absolute Gasteiger partial charge is 0.337 e. The van der Waals surface area contributed by atoms with Crippen LogP contribution in [-0.2, 0) is 4.79 Å². The molecule has 2 saturated heterocycles. The minimum Gasteiger partial charge on any atom is -0.337 e. The lowest BCUT2D eigenvalue weighted by atomic mass is 9.79. The average molecular weight is 292 g/mol. The summed E-state index contributed by atoms with van der Waals surface area (Å²) in [6.45, 7) is 6.22. The third-order valence-electron chi connectivity index (χ3n) is 4.50. The van der Waals surface area contributed by atoms with Gasteiger partial charge in [0.25, 0.3) is 0 Å². The predicted octanol–water partition coefficient (Wildman–Crippen LogP) is 1.33. The molecule has 3 amide bonds. The molecule has 2 aliphatic rings. The highest BCUT2D eigenvalue weighted by molar-refractivity contribution is 5.86. The molecule has 2 aliphatic heterocycles. The molecule has 0 spiro atoms. The molecular weight excluding hydrogens is 268 g/mol. The van der Waals surface area contributed by atoms with E-state index in [1.807, 2.05) is 13.8 Å². The number of hydrogen-bond donors (Lipinski definition) is 1. The number of amides is 3. The van der Waals surface area contributed by atoms with Gasteiger partial charge in [-0.1, -0.05) is 26.7 Å². The monoisotopic (exact) mass is 292 g/mol. The lowest BCUT2D eigenvalue weighted by Gasteiger charge is -2.40. The molecular formula is C15H24N4O2. The summed E-state index contributed by atoms with van der Waals surface area (Å²) in [6, 6.07) is 2.31. The minimum absolute atomic E-state index is 0.0410. The van der Waals surface area contributed by atoms with E-state index >= 15 is 0 Å². The number of piperazine rings is 1. The Bertz CT molecular complexity index is 451. The van der Waals surface area contributed by atoms with Gasteiger partial charge in [-0.15, -0.1) is 0 Å². The highest BCUT2D eigenvalue weighted by atomic mass is 16.2. The molecule has 1 N–H and O–H groups in total. The zero-order chi connectivity index (χ0) is 15.5. The van der Waals surface area contributed by atoms with Crippen molar-refractivity contribution in [3.8, 4) is 6.07 Å². The summed E-state index contributed by atoms with van der Waals surface area (Å²) in [5, 5.41) is 12.4. The second kappa shape index (κ2) is 6.33. The molecule has 21 heavy (non-hydrogen) atoms. The van der Waals surface area contributed by atoms with Gasteiger partial charge in [0.05, 0.1) is 12.1 Å². The van der Waals surface area contributed by atoms with Crippen LogP contribution in [0.3, 0.4) is 0 Å². The number of nitriles is 1. The summed E-state index contributed by atoms with van der Waals surface area (Å²) in [5.74, 6) is -0.0484. The maximum atomic E-state index is 12.9. The second-order valence-electron chi connectivity index (χ2n) is 5.98. The lowest BCUT2D eigenvalue weighted by Crippen LogP contribution is -2.56. The highest BCUT2D eigenvalue weighted by Gasteiger charge is 2.44. The van der Waals surface area contributed by atoms with Crippen molar-refractivity contribution in [1.29, 1.82) is 5.26 Å². The number of nitrogens with zero attached hydrogens (tertiary/aromatic N) is 3. The zero-order valence-corrected chi connectivity index (χ0v) is 12.9. The number of urea groups is 1. The van der Waals surface area contributed by atoms with Crippen LogP contribution in [0.1, 0.15) is 39.5 Å². The molecule has 2 rings (SSSR count). The summed E-state index contributed by atoms with van der Waals surface area (Å²) >= 11 is 0. The van der Waals surface area contributed by atoms with Crippen molar-refractivity contribution in [2.24, 2.45) is 5.41 Å². The quantitative estimate of drug-likeness (QED) is 0.830. The predicted molar refractivity (Wildman–Crippen MR) is 78.3 cm³/mol. The Morgan fingerprint density at radius 3 is 2.62 bits per heavy atom. The van der Waals surface area contributed by atoms with Gasteiger partial charge in [0.15, 0.2) is 0 Å². The molecule has 0 aliphatic carbocycles. The van der Waals surface area contributed by atoms with Crippen LogP contribution in [-0.4, -0.2) is 54.0 Å². The van der Waals surface area contributed by atoms with E-state index in [0.29, 0.717) is 39.0 Å². The van der Waals surface area contributed by atoms with E-state index in [0.717, 1.165) is 12.8 Å². The van der Waals surface area contributed by atoms with Gasteiger partial charge in [-0.05, 0) is 12.8 Å². The molecule has 6 nitrogen and oxygen atoms in total. The van der Waals surface area contributed by atoms with Crippen LogP contribution in [0.5, 0.6) is 0 Å². The molecule has 0 saturated carbocycles. The third-order valence-corrected chi connectivity index (χ3v) is 4.50. The van der Waals surface area contributed by atoms with Gasteiger partial charge in [-0.25, -0.2) is 4.79 Å². The lowest BCUT2D eigenvalue weighted by molar-refractivity contribution is -0.142. The van der Waals surface area contributed by atoms with E-state index < -0.39 is 5.41 Å². The topological polar surface area (TPSA) is 76.4 Å². The fourth-order valence-corrected chi connectivity index (χ4v) is 3.44. The summed E-state index contributed by atoms with van der Waals surface area (Å²) in [6.07, 6.45) is 2.86. The van der Waals surface area contributed by atoms with Crippen LogP contribution < -0.4 is 5.32 Å². The molecule has 1 atom stereocenters. The fraction of sp³-hybridized carbons (Fsp3) is 0.800. The van der Waals surface area contributed by atoms with Crippen molar-refractivity contribution in [2.45, 2.75) is 45.6 Å². The van der Waals surface area contributed by atoms with Crippen LogP contribution in [0.15, 0.2) is 0 Å². The van der Waals surface area contributed by atoms with E-state index in [4.69, 9.17) is 0 Å². The van der Waals surface area contributed by atoms with Crippen molar-refractivity contribution in [3.05, 3.63) is 0 Å². The first-order chi connectivity index (χ1) is 10.1. The van der Waals surface area contributed by atoms with Crippen LogP contribution >= 0.6 is 0 Å². The maximum absolute atomic E-state index is 12.9. The van der Waals surface area contributed by atoms with Crippen molar-refractivity contribution >= 4 is 11.9 Å². The summed E-state index contributed by atoms with van der Waals surface area (Å²) in [4.78, 5) is 28.1. The Balaban J connectivity index is 2.11. The first-order valence-corrected chi connectivity index (χ1v) is 7.83. The third kappa shape index (κ3) is 2.82. The Morgan fingerprint density at radius 1 is 1.38 bits per heavy atom. The van der Waals surface area contributed by atoms with Gasteiger partial charge >= 0.3 is 6.03 Å². The van der Waals surface area contributed by atoms with E-state index in [1.54, 1.807) is 9.80 Å². The Morgan fingerprint density at radius 2 is 2.05 bits per heavy atom. The molecule has 0 radical (unpaired) electrons. The maximum Gasteiger partial charge on any atom is 0.317 e. The van der Waals surface area contributed by atoms with Crippen molar-refractivity contribution in [3.63, 3.8) is 0 Å². The van der Waals surface area contributed by atoms with Gasteiger partial charge in [-0.3, -0.25) is 4.79 Å². The smallest absolute Gasteiger partial charge is 0.317 e. The number of fused-ring (bicyclic) bond motifs is 1. The van der Waals surface area contributed by atoms with E-state index in [1.165, 1.54) is 0 Å². The van der Waals surface area contributed by atoms with Crippen molar-refractivity contribution in [1.82, 2.24) is 15.1 Å². The van der Waals surface area contributed by atoms with Crippen molar-refractivity contribution in [2.75, 3.05) is 26.2 Å². The summed E-state index contributed by atoms with van der Waals surface area (Å²) < 4.78 is 0.